The molecule has 0 aromatic carbocycles. The van der Waals surface area contributed by atoms with Crippen molar-refractivity contribution in [2.24, 2.45) is 4.99 Å². The Balaban J connectivity index is 1.63. The van der Waals surface area contributed by atoms with E-state index in [1.807, 2.05) is 60.3 Å². The average molecular weight is 434 g/mol. The minimum atomic E-state index is 0.545. The van der Waals surface area contributed by atoms with Crippen molar-refractivity contribution in [2.75, 3.05) is 0 Å². The maximum absolute atomic E-state index is 4.76. The third-order valence-electron chi connectivity index (χ3n) is 4.22. The lowest BCUT2D eigenvalue weighted by Gasteiger charge is -2.01. The maximum Gasteiger partial charge on any atom is 0.253 e. The van der Waals surface area contributed by atoms with Gasteiger partial charge in [0.1, 0.15) is 5.69 Å². The maximum atomic E-state index is 4.76. The van der Waals surface area contributed by atoms with Gasteiger partial charge in [-0.25, -0.2) is 15.0 Å². The van der Waals surface area contributed by atoms with Crippen LogP contribution < -0.4 is 0 Å². The fourth-order valence-corrected chi connectivity index (χ4v) is 4.75. The lowest BCUT2D eigenvalue weighted by atomic mass is 10.3. The number of hydrogen-bond donors (Lipinski definition) is 0. The Morgan fingerprint density at radius 1 is 0.897 bits per heavy atom. The summed E-state index contributed by atoms with van der Waals surface area (Å²) >= 11 is 4.96. The van der Waals surface area contributed by atoms with E-state index in [1.165, 1.54) is 4.88 Å². The molecule has 0 amide bonds. The minimum absolute atomic E-state index is 0.545. The Hall–Kier alpha value is -2.94. The van der Waals surface area contributed by atoms with Gasteiger partial charge < -0.3 is 0 Å². The van der Waals surface area contributed by atoms with Crippen LogP contribution in [0.2, 0.25) is 0 Å². The molecule has 5 aromatic heterocycles. The first-order chi connectivity index (χ1) is 14.3. The number of hydrogen-bond acceptors (Lipinski definition) is 7. The second kappa shape index (κ2) is 7.82. The van der Waals surface area contributed by atoms with Crippen LogP contribution in [0.1, 0.15) is 21.1 Å². The number of aromatic nitrogens is 4. The van der Waals surface area contributed by atoms with Crippen molar-refractivity contribution in [1.29, 1.82) is 0 Å². The normalized spacial score (nSPS) is 12.0. The molecule has 5 aromatic rings. The van der Waals surface area contributed by atoms with Gasteiger partial charge in [-0.1, -0.05) is 18.2 Å². The summed E-state index contributed by atoms with van der Waals surface area (Å²) in [6.07, 6.45) is 5.90. The van der Waals surface area contributed by atoms with Crippen LogP contribution in [0, 0.1) is 6.92 Å². The summed E-state index contributed by atoms with van der Waals surface area (Å²) in [5.74, 6) is 1.24. The van der Waals surface area contributed by atoms with Gasteiger partial charge in [-0.2, -0.15) is 9.61 Å². The summed E-state index contributed by atoms with van der Waals surface area (Å²) in [6.45, 7) is 1.96. The van der Waals surface area contributed by atoms with Crippen molar-refractivity contribution in [2.45, 2.75) is 6.92 Å². The zero-order valence-corrected chi connectivity index (χ0v) is 17.8. The Morgan fingerprint density at radius 3 is 2.38 bits per heavy atom. The third-order valence-corrected chi connectivity index (χ3v) is 6.74. The summed E-state index contributed by atoms with van der Waals surface area (Å²) in [6, 6.07) is 12.2. The molecule has 0 saturated carbocycles. The molecule has 29 heavy (non-hydrogen) atoms. The smallest absolute Gasteiger partial charge is 0.234 e. The van der Waals surface area contributed by atoms with E-state index in [0.29, 0.717) is 11.6 Å². The van der Waals surface area contributed by atoms with Crippen LogP contribution in [0.3, 0.4) is 0 Å². The third kappa shape index (κ3) is 3.69. The molecule has 0 aliphatic carbocycles. The van der Waals surface area contributed by atoms with E-state index < -0.39 is 0 Å². The predicted octanol–water partition coefficient (Wildman–Crippen LogP) is 6.21. The van der Waals surface area contributed by atoms with Crippen LogP contribution in [-0.2, 0) is 0 Å². The van der Waals surface area contributed by atoms with Crippen molar-refractivity contribution < 1.29 is 0 Å². The van der Waals surface area contributed by atoms with Gasteiger partial charge in [-0.3, -0.25) is 0 Å². The quantitative estimate of drug-likeness (QED) is 0.310. The Morgan fingerprint density at radius 2 is 1.66 bits per heavy atom. The highest BCUT2D eigenvalue weighted by molar-refractivity contribution is 7.13. The van der Waals surface area contributed by atoms with E-state index in [4.69, 9.17) is 20.1 Å². The van der Waals surface area contributed by atoms with Gasteiger partial charge in [-0.15, -0.1) is 34.0 Å². The van der Waals surface area contributed by atoms with E-state index >= 15 is 0 Å². The van der Waals surface area contributed by atoms with Gasteiger partial charge in [0.05, 0.1) is 16.3 Å². The van der Waals surface area contributed by atoms with Gasteiger partial charge in [0.25, 0.3) is 5.78 Å². The van der Waals surface area contributed by atoms with Crippen LogP contribution in [0.4, 0.5) is 5.82 Å². The van der Waals surface area contributed by atoms with Gasteiger partial charge in [0, 0.05) is 16.0 Å². The van der Waals surface area contributed by atoms with E-state index in [1.54, 1.807) is 38.5 Å². The first-order valence-electron chi connectivity index (χ1n) is 8.88. The summed E-state index contributed by atoms with van der Waals surface area (Å²) in [5.41, 5.74) is 2.43. The lowest BCUT2D eigenvalue weighted by Crippen LogP contribution is -2.01. The fourth-order valence-electron chi connectivity index (χ4n) is 2.84. The van der Waals surface area contributed by atoms with E-state index in [0.717, 1.165) is 26.8 Å². The number of fused-ring (bicyclic) bond motifs is 1. The van der Waals surface area contributed by atoms with Gasteiger partial charge in [0.2, 0.25) is 0 Å². The molecule has 0 unspecified atom stereocenters. The molecule has 0 spiro atoms. The molecule has 5 heterocycles. The number of nitrogens with zero attached hydrogens (tertiary/aromatic N) is 5. The predicted molar refractivity (Wildman–Crippen MR) is 124 cm³/mol. The van der Waals surface area contributed by atoms with Crippen molar-refractivity contribution in [1.82, 2.24) is 19.6 Å². The van der Waals surface area contributed by atoms with Crippen LogP contribution in [0.25, 0.3) is 28.5 Å². The van der Waals surface area contributed by atoms with Gasteiger partial charge in [-0.05, 0) is 53.4 Å². The van der Waals surface area contributed by atoms with E-state index in [2.05, 4.69) is 17.5 Å². The van der Waals surface area contributed by atoms with Crippen LogP contribution in [0.15, 0.2) is 57.5 Å². The number of imidazole rings is 1. The summed E-state index contributed by atoms with van der Waals surface area (Å²) in [7, 11) is 0. The zero-order chi connectivity index (χ0) is 19.6. The number of rotatable bonds is 5. The average Bonchev–Trinajstić information content (AvgIpc) is 3.52. The second-order valence-electron chi connectivity index (χ2n) is 6.18. The molecule has 0 radical (unpaired) electrons. The van der Waals surface area contributed by atoms with Gasteiger partial charge >= 0.3 is 0 Å². The molecule has 0 atom stereocenters. The van der Waals surface area contributed by atoms with Gasteiger partial charge in [0.15, 0.2) is 5.82 Å². The van der Waals surface area contributed by atoms with Crippen LogP contribution >= 0.6 is 34.0 Å². The molecule has 5 rings (SSSR count). The Labute approximate surface area is 179 Å². The molecule has 0 N–H and O–H groups in total. The van der Waals surface area contributed by atoms with Crippen molar-refractivity contribution in [3.8, 4) is 10.6 Å². The summed E-state index contributed by atoms with van der Waals surface area (Å²) in [4.78, 5) is 17.5. The topological polar surface area (TPSA) is 55.4 Å². The van der Waals surface area contributed by atoms with Crippen LogP contribution in [-0.4, -0.2) is 25.8 Å². The fraction of sp³-hybridized carbons (Fsp3) is 0.0476. The second-order valence-corrected chi connectivity index (χ2v) is 9.08. The van der Waals surface area contributed by atoms with Crippen molar-refractivity contribution >= 4 is 64.0 Å². The molecule has 8 heteroatoms. The molecule has 0 aliphatic heterocycles. The highest BCUT2D eigenvalue weighted by Crippen LogP contribution is 2.33. The molecular weight excluding hydrogens is 418 g/mol. The molecule has 0 saturated heterocycles. The Bertz CT molecular complexity index is 1290. The first-order valence-corrected chi connectivity index (χ1v) is 11.5. The zero-order valence-electron chi connectivity index (χ0n) is 15.4. The summed E-state index contributed by atoms with van der Waals surface area (Å²) < 4.78 is 1.73. The molecule has 0 aliphatic rings. The molecule has 5 nitrogen and oxygen atoms in total. The molecular formula is C21H15N5S3. The van der Waals surface area contributed by atoms with Crippen molar-refractivity contribution in [3.63, 3.8) is 0 Å². The standard InChI is InChI=1S/C21H15N5S3/c1-14-17(9-8-15-5-2-10-27-15)23-21-24-19(18-7-4-12-29-18)20(26(21)25-14)22-13-16-6-3-11-28-16/h2-13H,1H3/b9-8+,22-13?. The van der Waals surface area contributed by atoms with Crippen molar-refractivity contribution in [3.05, 3.63) is 73.7 Å². The molecule has 0 fully saturated rings. The number of thiophene rings is 3. The first kappa shape index (κ1) is 18.1. The molecule has 0 bridgehead atoms. The lowest BCUT2D eigenvalue weighted by molar-refractivity contribution is 0.864. The van der Waals surface area contributed by atoms with E-state index in [9.17, 15) is 0 Å². The highest BCUT2D eigenvalue weighted by atomic mass is 32.1. The monoisotopic (exact) mass is 433 g/mol. The Kier molecular flexibility index (Phi) is 4.89. The highest BCUT2D eigenvalue weighted by Gasteiger charge is 2.17. The summed E-state index contributed by atoms with van der Waals surface area (Å²) in [5, 5.41) is 10.9. The van der Waals surface area contributed by atoms with Crippen LogP contribution in [0.5, 0.6) is 0 Å². The minimum Gasteiger partial charge on any atom is -0.234 e. The largest absolute Gasteiger partial charge is 0.253 e. The number of aliphatic imine (C=N–C) groups is 1. The number of aryl methyl sites for hydroxylation is 1. The SMILES string of the molecule is Cc1nn2c(N=Cc3cccs3)c(-c3cccs3)nc2nc1/C=C/c1cccs1. The molecule has 142 valence electrons. The van der Waals surface area contributed by atoms with E-state index in [-0.39, 0.29) is 0 Å².